The van der Waals surface area contributed by atoms with E-state index in [9.17, 15) is 10.2 Å². The van der Waals surface area contributed by atoms with Crippen LogP contribution in [0.15, 0.2) is 12.7 Å². The van der Waals surface area contributed by atoms with Crippen LogP contribution < -0.4 is 0 Å². The lowest BCUT2D eigenvalue weighted by molar-refractivity contribution is 0.0571. The molecule has 0 rings (SSSR count). The van der Waals surface area contributed by atoms with Gasteiger partial charge in [0.1, 0.15) is 0 Å². The first-order valence-electron chi connectivity index (χ1n) is 11.0. The molecule has 0 aliphatic carbocycles. The van der Waals surface area contributed by atoms with Gasteiger partial charge in [-0.2, -0.15) is 0 Å². The predicted octanol–water partition coefficient (Wildman–Crippen LogP) is 7.63. The van der Waals surface area contributed by atoms with Crippen LogP contribution in [-0.2, 0) is 0 Å². The highest BCUT2D eigenvalue weighted by atomic mass is 16.3. The molecular weight excluding hydrogens is 388 g/mol. The molecule has 4 N–H and O–H groups in total. The fraction of sp³-hybridized carbons (Fsp3) is 0.926. The zero-order chi connectivity index (χ0) is 25.1. The normalized spacial score (nSPS) is 10.5. The van der Waals surface area contributed by atoms with Crippen LogP contribution in [0.5, 0.6) is 0 Å². The fourth-order valence-corrected chi connectivity index (χ4v) is 2.00. The first-order valence-corrected chi connectivity index (χ1v) is 11.0. The summed E-state index contributed by atoms with van der Waals surface area (Å²) in [5, 5.41) is 35.3. The SMILES string of the molecule is C.C.C=CC.CC(C)CC(C)(C)O.CC(C)CC(C)(C)O.CC(C)O.CCC(C)(C)O. The van der Waals surface area contributed by atoms with Crippen LogP contribution in [0.4, 0.5) is 0 Å². The van der Waals surface area contributed by atoms with Crippen LogP contribution in [0.25, 0.3) is 0 Å². The molecular formula is C27H66O4. The zero-order valence-electron chi connectivity index (χ0n) is 22.4. The number of hydrogen-bond donors (Lipinski definition) is 4. The van der Waals surface area contributed by atoms with Gasteiger partial charge < -0.3 is 20.4 Å². The molecule has 4 nitrogen and oxygen atoms in total. The van der Waals surface area contributed by atoms with E-state index in [2.05, 4.69) is 34.3 Å². The molecule has 0 aromatic heterocycles. The third-order valence-electron chi connectivity index (χ3n) is 2.68. The third-order valence-corrected chi connectivity index (χ3v) is 2.68. The first kappa shape index (κ1) is 48.1. The highest BCUT2D eigenvalue weighted by Gasteiger charge is 2.14. The van der Waals surface area contributed by atoms with Crippen LogP contribution in [0.1, 0.15) is 131 Å². The predicted molar refractivity (Wildman–Crippen MR) is 145 cm³/mol. The van der Waals surface area contributed by atoms with Crippen molar-refractivity contribution in [3.8, 4) is 0 Å². The van der Waals surface area contributed by atoms with Crippen molar-refractivity contribution in [2.45, 2.75) is 154 Å². The van der Waals surface area contributed by atoms with E-state index in [1.165, 1.54) is 0 Å². The summed E-state index contributed by atoms with van der Waals surface area (Å²) in [5.41, 5.74) is -1.41. The Bertz CT molecular complexity index is 291. The minimum atomic E-state index is -0.478. The molecule has 0 bridgehead atoms. The van der Waals surface area contributed by atoms with Crippen molar-refractivity contribution < 1.29 is 20.4 Å². The Hall–Kier alpha value is -0.420. The highest BCUT2D eigenvalue weighted by Crippen LogP contribution is 2.14. The minimum absolute atomic E-state index is 0. The van der Waals surface area contributed by atoms with Crippen molar-refractivity contribution in [2.24, 2.45) is 11.8 Å². The summed E-state index contributed by atoms with van der Waals surface area (Å²) in [6.45, 7) is 30.0. The van der Waals surface area contributed by atoms with Gasteiger partial charge in [0.05, 0.1) is 16.8 Å². The smallest absolute Gasteiger partial charge is 0.0594 e. The number of hydrogen-bond acceptors (Lipinski definition) is 4. The molecule has 0 aliphatic rings. The van der Waals surface area contributed by atoms with Gasteiger partial charge in [-0.1, -0.05) is 55.5 Å². The van der Waals surface area contributed by atoms with Crippen molar-refractivity contribution in [2.75, 3.05) is 0 Å². The average Bonchev–Trinajstić information content (AvgIpc) is 2.33. The van der Waals surface area contributed by atoms with Gasteiger partial charge in [-0.3, -0.25) is 0 Å². The summed E-state index contributed by atoms with van der Waals surface area (Å²) in [6.07, 6.45) is 4.17. The van der Waals surface area contributed by atoms with Gasteiger partial charge in [0, 0.05) is 6.10 Å². The molecule has 0 heterocycles. The van der Waals surface area contributed by atoms with Crippen molar-refractivity contribution in [3.05, 3.63) is 12.7 Å². The molecule has 4 heteroatoms. The number of aliphatic hydroxyl groups excluding tert-OH is 1. The van der Waals surface area contributed by atoms with Gasteiger partial charge in [0.2, 0.25) is 0 Å². The van der Waals surface area contributed by atoms with Crippen molar-refractivity contribution in [1.82, 2.24) is 0 Å². The fourth-order valence-electron chi connectivity index (χ4n) is 2.00. The van der Waals surface area contributed by atoms with E-state index in [1.54, 1.807) is 33.8 Å². The molecule has 0 aliphatic heterocycles. The Morgan fingerprint density at radius 2 is 0.806 bits per heavy atom. The van der Waals surface area contributed by atoms with Crippen LogP contribution in [0.2, 0.25) is 0 Å². The summed E-state index contributed by atoms with van der Waals surface area (Å²) < 4.78 is 0. The van der Waals surface area contributed by atoms with E-state index in [1.807, 2.05) is 41.5 Å². The van der Waals surface area contributed by atoms with E-state index in [0.29, 0.717) is 11.8 Å². The van der Waals surface area contributed by atoms with Gasteiger partial charge in [-0.25, -0.2) is 0 Å². The molecule has 0 fully saturated rings. The number of aliphatic hydroxyl groups is 4. The minimum Gasteiger partial charge on any atom is -0.394 e. The maximum absolute atomic E-state index is 9.19. The quantitative estimate of drug-likeness (QED) is 0.322. The Morgan fingerprint density at radius 3 is 0.806 bits per heavy atom. The van der Waals surface area contributed by atoms with E-state index in [-0.39, 0.29) is 21.0 Å². The maximum atomic E-state index is 9.19. The highest BCUT2D eigenvalue weighted by molar-refractivity contribution is 4.66. The monoisotopic (exact) mass is 454 g/mol. The van der Waals surface area contributed by atoms with E-state index in [4.69, 9.17) is 10.2 Å². The molecule has 0 atom stereocenters. The molecule has 0 saturated heterocycles. The second-order valence-electron chi connectivity index (χ2n) is 10.5. The standard InChI is InChI=1S/2C7H16O.C5H12O.C3H8O.C3H6.2CH4/c2*1-6(2)5-7(3,4)8;1-4-5(2,3)6;1-3(2)4;1-3-2;;/h2*6,8H,5H2,1-4H3;6H,4H2,1-3H3;3-4H,1-2H3;3H,1H2,2H3;2*1H4. The summed E-state index contributed by atoms with van der Waals surface area (Å²) >= 11 is 0. The molecule has 0 aromatic rings. The lowest BCUT2D eigenvalue weighted by Gasteiger charge is -2.18. The largest absolute Gasteiger partial charge is 0.394 e. The summed E-state index contributed by atoms with van der Waals surface area (Å²) in [6, 6.07) is 0. The van der Waals surface area contributed by atoms with Gasteiger partial charge in [-0.05, 0) is 93.4 Å². The Labute approximate surface area is 199 Å². The van der Waals surface area contributed by atoms with Crippen LogP contribution in [-0.4, -0.2) is 43.3 Å². The number of rotatable bonds is 5. The van der Waals surface area contributed by atoms with Crippen molar-refractivity contribution in [1.29, 1.82) is 0 Å². The van der Waals surface area contributed by atoms with Gasteiger partial charge >= 0.3 is 0 Å². The molecule has 0 unspecified atom stereocenters. The van der Waals surface area contributed by atoms with E-state index >= 15 is 0 Å². The van der Waals surface area contributed by atoms with Crippen molar-refractivity contribution in [3.63, 3.8) is 0 Å². The molecule has 0 aromatic carbocycles. The zero-order valence-corrected chi connectivity index (χ0v) is 22.4. The molecule has 198 valence electrons. The average molecular weight is 455 g/mol. The summed E-state index contributed by atoms with van der Waals surface area (Å²) in [7, 11) is 0. The maximum Gasteiger partial charge on any atom is 0.0594 e. The lowest BCUT2D eigenvalue weighted by Crippen LogP contribution is -2.20. The Morgan fingerprint density at radius 1 is 0.677 bits per heavy atom. The van der Waals surface area contributed by atoms with E-state index in [0.717, 1.165) is 19.3 Å². The Balaban J connectivity index is -0.0000000476. The molecule has 0 amide bonds. The van der Waals surface area contributed by atoms with Crippen LogP contribution in [0, 0.1) is 11.8 Å². The van der Waals surface area contributed by atoms with E-state index < -0.39 is 16.8 Å². The lowest BCUT2D eigenvalue weighted by atomic mass is 9.97. The van der Waals surface area contributed by atoms with Crippen LogP contribution >= 0.6 is 0 Å². The second-order valence-corrected chi connectivity index (χ2v) is 10.5. The number of allylic oxidation sites excluding steroid dienone is 1. The third kappa shape index (κ3) is 142. The Kier molecular flexibility index (Phi) is 40.1. The molecule has 0 radical (unpaired) electrons. The van der Waals surface area contributed by atoms with Gasteiger partial charge in [0.25, 0.3) is 0 Å². The molecule has 31 heavy (non-hydrogen) atoms. The first-order chi connectivity index (χ1) is 12.5. The summed E-state index contributed by atoms with van der Waals surface area (Å²) in [5.74, 6) is 1.19. The molecule has 0 spiro atoms. The van der Waals surface area contributed by atoms with Gasteiger partial charge in [0.15, 0.2) is 0 Å². The van der Waals surface area contributed by atoms with Crippen LogP contribution in [0.3, 0.4) is 0 Å². The van der Waals surface area contributed by atoms with Crippen molar-refractivity contribution >= 4 is 0 Å². The molecule has 0 saturated carbocycles. The van der Waals surface area contributed by atoms with Gasteiger partial charge in [-0.15, -0.1) is 6.58 Å². The summed E-state index contributed by atoms with van der Waals surface area (Å²) in [4.78, 5) is 0. The topological polar surface area (TPSA) is 80.9 Å². The second kappa shape index (κ2) is 25.8.